The van der Waals surface area contributed by atoms with Crippen molar-refractivity contribution in [3.63, 3.8) is 0 Å². The number of hydrogen-bond donors (Lipinski definition) is 0. The number of allylic oxidation sites excluding steroid dienone is 1. The van der Waals surface area contributed by atoms with E-state index in [0.717, 1.165) is 50.4 Å². The van der Waals surface area contributed by atoms with Crippen LogP contribution in [0, 0.1) is 29.1 Å². The summed E-state index contributed by atoms with van der Waals surface area (Å²) in [5.74, 6) is 3.66. The molecule has 0 amide bonds. The van der Waals surface area contributed by atoms with Gasteiger partial charge in [0.1, 0.15) is 5.78 Å². The molecule has 4 aliphatic carbocycles. The van der Waals surface area contributed by atoms with E-state index in [2.05, 4.69) is 6.92 Å². The van der Waals surface area contributed by atoms with Crippen LogP contribution in [0.5, 0.6) is 0 Å². The van der Waals surface area contributed by atoms with Crippen LogP contribution in [0.4, 0.5) is 0 Å². The van der Waals surface area contributed by atoms with E-state index >= 15 is 0 Å². The van der Waals surface area contributed by atoms with Crippen molar-refractivity contribution in [2.45, 2.75) is 58.3 Å². The first-order valence-corrected chi connectivity index (χ1v) is 8.36. The maximum atomic E-state index is 12.3. The predicted molar refractivity (Wildman–Crippen MR) is 77.1 cm³/mol. The van der Waals surface area contributed by atoms with E-state index in [1.165, 1.54) is 18.4 Å². The third-order valence-electron chi connectivity index (χ3n) is 7.01. The normalized spacial score (nSPS) is 47.4. The molecule has 2 heteroatoms. The van der Waals surface area contributed by atoms with Gasteiger partial charge in [0.25, 0.3) is 0 Å². The molecule has 108 valence electrons. The molecule has 0 radical (unpaired) electrons. The molecule has 0 aromatic heterocycles. The summed E-state index contributed by atoms with van der Waals surface area (Å²) in [7, 11) is 0. The first-order valence-electron chi connectivity index (χ1n) is 8.36. The lowest BCUT2D eigenvalue weighted by molar-refractivity contribution is -0.131. The zero-order valence-corrected chi connectivity index (χ0v) is 12.4. The Bertz CT molecular complexity index is 504. The monoisotopic (exact) mass is 272 g/mol. The summed E-state index contributed by atoms with van der Waals surface area (Å²) in [4.78, 5) is 23.9. The van der Waals surface area contributed by atoms with E-state index in [0.29, 0.717) is 23.4 Å². The van der Waals surface area contributed by atoms with Crippen molar-refractivity contribution in [1.82, 2.24) is 0 Å². The van der Waals surface area contributed by atoms with Crippen LogP contribution in [0.3, 0.4) is 0 Å². The molecule has 0 N–H and O–H groups in total. The standard InChI is InChI=1S/C18H24O2/c1-18-9-8-14-13-5-3-12(19)10-11(13)2-4-15(14)16(18)6-7-17(18)20/h10,13-16H,2-9H2,1H3/t13?,14-,15-,16+,18+/m1/s1. The molecule has 0 saturated heterocycles. The lowest BCUT2D eigenvalue weighted by Crippen LogP contribution is -2.46. The summed E-state index contributed by atoms with van der Waals surface area (Å²) < 4.78 is 0. The van der Waals surface area contributed by atoms with E-state index in [-0.39, 0.29) is 5.41 Å². The average Bonchev–Trinajstić information content (AvgIpc) is 2.74. The first kappa shape index (κ1) is 12.8. The Hall–Kier alpha value is -0.920. The van der Waals surface area contributed by atoms with Gasteiger partial charge in [-0.15, -0.1) is 0 Å². The summed E-state index contributed by atoms with van der Waals surface area (Å²) in [5, 5.41) is 0. The molecule has 4 aliphatic rings. The van der Waals surface area contributed by atoms with Crippen molar-refractivity contribution in [2.24, 2.45) is 29.1 Å². The van der Waals surface area contributed by atoms with Gasteiger partial charge in [-0.05, 0) is 68.3 Å². The highest BCUT2D eigenvalue weighted by atomic mass is 16.1. The maximum absolute atomic E-state index is 12.3. The lowest BCUT2D eigenvalue weighted by Gasteiger charge is -2.52. The number of carbonyl (C=O) groups is 2. The average molecular weight is 272 g/mol. The third kappa shape index (κ3) is 1.63. The minimum absolute atomic E-state index is 0.00707. The molecule has 3 fully saturated rings. The van der Waals surface area contributed by atoms with Crippen LogP contribution in [0.15, 0.2) is 11.6 Å². The second kappa shape index (κ2) is 4.29. The van der Waals surface area contributed by atoms with E-state index in [9.17, 15) is 9.59 Å². The first-order chi connectivity index (χ1) is 9.59. The molecule has 0 aromatic carbocycles. The largest absolute Gasteiger partial charge is 0.299 e. The Morgan fingerprint density at radius 2 is 1.85 bits per heavy atom. The molecule has 0 bridgehead atoms. The van der Waals surface area contributed by atoms with Crippen molar-refractivity contribution < 1.29 is 9.59 Å². The highest BCUT2D eigenvalue weighted by Gasteiger charge is 2.55. The van der Waals surface area contributed by atoms with E-state index < -0.39 is 0 Å². The number of hydrogen-bond acceptors (Lipinski definition) is 2. The van der Waals surface area contributed by atoms with Crippen molar-refractivity contribution in [3.8, 4) is 0 Å². The van der Waals surface area contributed by atoms with Crippen molar-refractivity contribution >= 4 is 11.6 Å². The third-order valence-corrected chi connectivity index (χ3v) is 7.01. The fourth-order valence-corrected chi connectivity index (χ4v) is 5.95. The molecule has 1 unspecified atom stereocenters. The highest BCUT2D eigenvalue weighted by molar-refractivity contribution is 5.91. The van der Waals surface area contributed by atoms with Crippen molar-refractivity contribution in [1.29, 1.82) is 0 Å². The van der Waals surface area contributed by atoms with E-state index in [1.807, 2.05) is 6.08 Å². The topological polar surface area (TPSA) is 34.1 Å². The number of ketones is 2. The van der Waals surface area contributed by atoms with Crippen LogP contribution >= 0.6 is 0 Å². The lowest BCUT2D eigenvalue weighted by atomic mass is 9.52. The fourth-order valence-electron chi connectivity index (χ4n) is 5.95. The number of fused-ring (bicyclic) bond motifs is 5. The number of Topliss-reactive ketones (excluding diaryl/α,β-unsaturated/α-hetero) is 1. The van der Waals surface area contributed by atoms with Gasteiger partial charge in [-0.3, -0.25) is 9.59 Å². The number of rotatable bonds is 0. The van der Waals surface area contributed by atoms with Gasteiger partial charge in [-0.1, -0.05) is 12.5 Å². The Kier molecular flexibility index (Phi) is 2.74. The molecule has 0 spiro atoms. The fraction of sp³-hybridized carbons (Fsp3) is 0.778. The molecule has 0 heterocycles. The summed E-state index contributed by atoms with van der Waals surface area (Å²) in [6.45, 7) is 2.24. The van der Waals surface area contributed by atoms with Crippen molar-refractivity contribution in [3.05, 3.63) is 11.6 Å². The van der Waals surface area contributed by atoms with Gasteiger partial charge in [0.05, 0.1) is 0 Å². The van der Waals surface area contributed by atoms with Gasteiger partial charge >= 0.3 is 0 Å². The molecule has 0 aromatic rings. The Morgan fingerprint density at radius 1 is 1.00 bits per heavy atom. The molecule has 2 nitrogen and oxygen atoms in total. The minimum atomic E-state index is -0.00707. The van der Waals surface area contributed by atoms with Crippen molar-refractivity contribution in [2.75, 3.05) is 0 Å². The predicted octanol–water partition coefficient (Wildman–Crippen LogP) is 3.70. The van der Waals surface area contributed by atoms with Gasteiger partial charge in [0, 0.05) is 18.3 Å². The van der Waals surface area contributed by atoms with Crippen LogP contribution in [0.2, 0.25) is 0 Å². The van der Waals surface area contributed by atoms with Crippen LogP contribution in [0.25, 0.3) is 0 Å². The Balaban J connectivity index is 1.65. The summed E-state index contributed by atoms with van der Waals surface area (Å²) in [6, 6.07) is 0. The molecule has 5 atom stereocenters. The van der Waals surface area contributed by atoms with Gasteiger partial charge in [-0.2, -0.15) is 0 Å². The second-order valence-corrected chi connectivity index (χ2v) is 7.72. The molecule has 20 heavy (non-hydrogen) atoms. The van der Waals surface area contributed by atoms with Crippen LogP contribution < -0.4 is 0 Å². The van der Waals surface area contributed by atoms with Crippen LogP contribution in [0.1, 0.15) is 58.3 Å². The highest BCUT2D eigenvalue weighted by Crippen LogP contribution is 2.60. The minimum Gasteiger partial charge on any atom is -0.299 e. The van der Waals surface area contributed by atoms with Gasteiger partial charge in [-0.25, -0.2) is 0 Å². The van der Waals surface area contributed by atoms with Gasteiger partial charge in [0.2, 0.25) is 0 Å². The SMILES string of the molecule is C[C@]12CC[C@@H]3C4CCC(=O)C=C4CC[C@H]3[C@@H]1CCC2=O. The van der Waals surface area contributed by atoms with Crippen LogP contribution in [-0.4, -0.2) is 11.6 Å². The van der Waals surface area contributed by atoms with E-state index in [1.54, 1.807) is 0 Å². The zero-order valence-electron chi connectivity index (χ0n) is 12.4. The van der Waals surface area contributed by atoms with Gasteiger partial charge < -0.3 is 0 Å². The Morgan fingerprint density at radius 3 is 2.70 bits per heavy atom. The molecule has 3 saturated carbocycles. The van der Waals surface area contributed by atoms with Gasteiger partial charge in [0.15, 0.2) is 5.78 Å². The molecule has 4 rings (SSSR count). The summed E-state index contributed by atoms with van der Waals surface area (Å²) in [6.07, 6.45) is 10.3. The molecular weight excluding hydrogens is 248 g/mol. The Labute approximate surface area is 121 Å². The molecular formula is C18H24O2. The summed E-state index contributed by atoms with van der Waals surface area (Å²) >= 11 is 0. The number of carbonyl (C=O) groups excluding carboxylic acids is 2. The summed E-state index contributed by atoms with van der Waals surface area (Å²) in [5.41, 5.74) is 1.43. The van der Waals surface area contributed by atoms with Crippen LogP contribution in [-0.2, 0) is 9.59 Å². The zero-order chi connectivity index (χ0) is 13.9. The smallest absolute Gasteiger partial charge is 0.155 e. The second-order valence-electron chi connectivity index (χ2n) is 7.72. The van der Waals surface area contributed by atoms with E-state index in [4.69, 9.17) is 0 Å². The maximum Gasteiger partial charge on any atom is 0.155 e. The quantitative estimate of drug-likeness (QED) is 0.674. The molecule has 0 aliphatic heterocycles.